The van der Waals surface area contributed by atoms with E-state index in [-0.39, 0.29) is 5.91 Å². The van der Waals surface area contributed by atoms with E-state index in [4.69, 9.17) is 4.42 Å². The molecule has 5 nitrogen and oxygen atoms in total. The number of furan rings is 1. The Balaban J connectivity index is 1.93. The average Bonchev–Trinajstić information content (AvgIpc) is 3.15. The minimum Gasteiger partial charge on any atom is -0.461 e. The van der Waals surface area contributed by atoms with Crippen LogP contribution in [-0.2, 0) is 0 Å². The second-order valence-corrected chi connectivity index (χ2v) is 7.02. The molecule has 0 saturated heterocycles. The first-order chi connectivity index (χ1) is 12.5. The Morgan fingerprint density at radius 2 is 2.00 bits per heavy atom. The molecule has 0 saturated carbocycles. The molecule has 1 aromatic carbocycles. The number of aromatic nitrogens is 2. The number of amides is 1. The van der Waals surface area contributed by atoms with Crippen LogP contribution in [0.1, 0.15) is 41.4 Å². The lowest BCUT2D eigenvalue weighted by Crippen LogP contribution is -2.17. The fraction of sp³-hybridized carbons (Fsp3) is 0.250. The van der Waals surface area contributed by atoms with E-state index in [1.165, 1.54) is 17.3 Å². The number of thioether (sulfide) groups is 1. The number of nitrogens with one attached hydrogen (secondary N) is 1. The number of carbonyl (C=O) groups is 1. The Kier molecular flexibility index (Phi) is 5.42. The highest BCUT2D eigenvalue weighted by atomic mass is 32.2. The molecule has 0 spiro atoms. The van der Waals surface area contributed by atoms with Gasteiger partial charge in [-0.25, -0.2) is 9.97 Å². The van der Waals surface area contributed by atoms with Gasteiger partial charge in [-0.3, -0.25) is 4.79 Å². The molecule has 0 atom stereocenters. The quantitative estimate of drug-likeness (QED) is 0.499. The van der Waals surface area contributed by atoms with Crippen molar-refractivity contribution in [3.05, 3.63) is 59.5 Å². The molecule has 2 heterocycles. The van der Waals surface area contributed by atoms with E-state index >= 15 is 0 Å². The van der Waals surface area contributed by atoms with E-state index in [0.29, 0.717) is 33.8 Å². The van der Waals surface area contributed by atoms with Crippen LogP contribution in [0.15, 0.2) is 52.1 Å². The van der Waals surface area contributed by atoms with Gasteiger partial charge in [-0.05, 0) is 48.9 Å². The van der Waals surface area contributed by atoms with Crippen LogP contribution in [0.25, 0.3) is 11.6 Å². The zero-order chi connectivity index (χ0) is 18.7. The average molecular weight is 367 g/mol. The molecule has 0 unspecified atom stereocenters. The highest BCUT2D eigenvalue weighted by Gasteiger charge is 2.20. The van der Waals surface area contributed by atoms with Crippen LogP contribution in [0, 0.1) is 6.92 Å². The van der Waals surface area contributed by atoms with E-state index in [2.05, 4.69) is 35.2 Å². The van der Waals surface area contributed by atoms with Gasteiger partial charge in [0.25, 0.3) is 5.91 Å². The number of carbonyl (C=O) groups excluding carboxylic acids is 1. The van der Waals surface area contributed by atoms with E-state index in [1.54, 1.807) is 18.4 Å². The van der Waals surface area contributed by atoms with Crippen molar-refractivity contribution in [2.75, 3.05) is 11.6 Å². The van der Waals surface area contributed by atoms with Crippen LogP contribution in [0.5, 0.6) is 0 Å². The molecule has 0 aliphatic rings. The minimum atomic E-state index is -0.209. The lowest BCUT2D eigenvalue weighted by atomic mass is 10.0. The third-order valence-electron chi connectivity index (χ3n) is 4.03. The Morgan fingerprint density at radius 1 is 1.19 bits per heavy atom. The minimum absolute atomic E-state index is 0.209. The molecular formula is C20H21N3O2S. The van der Waals surface area contributed by atoms with Crippen LogP contribution < -0.4 is 5.32 Å². The lowest BCUT2D eigenvalue weighted by Gasteiger charge is -2.13. The van der Waals surface area contributed by atoms with Crippen molar-refractivity contribution in [3.63, 3.8) is 0 Å². The second-order valence-electron chi connectivity index (χ2n) is 6.23. The van der Waals surface area contributed by atoms with Crippen LogP contribution in [0.2, 0.25) is 0 Å². The fourth-order valence-corrected chi connectivity index (χ4v) is 3.26. The number of benzene rings is 1. The van der Waals surface area contributed by atoms with Crippen molar-refractivity contribution < 1.29 is 9.21 Å². The summed E-state index contributed by atoms with van der Waals surface area (Å²) >= 11 is 1.41. The summed E-state index contributed by atoms with van der Waals surface area (Å²) < 4.78 is 5.37. The second kappa shape index (κ2) is 7.74. The first-order valence-corrected chi connectivity index (χ1v) is 9.60. The number of hydrogen-bond donors (Lipinski definition) is 1. The van der Waals surface area contributed by atoms with E-state index in [9.17, 15) is 4.79 Å². The van der Waals surface area contributed by atoms with Crippen LogP contribution in [-0.4, -0.2) is 22.1 Å². The Hall–Kier alpha value is -2.60. The molecule has 2 aromatic heterocycles. The number of aryl methyl sites for hydroxylation is 1. The van der Waals surface area contributed by atoms with Crippen molar-refractivity contribution in [2.24, 2.45) is 0 Å². The largest absolute Gasteiger partial charge is 0.461 e. The van der Waals surface area contributed by atoms with Crippen LogP contribution >= 0.6 is 11.8 Å². The topological polar surface area (TPSA) is 68.0 Å². The first-order valence-electron chi connectivity index (χ1n) is 8.37. The van der Waals surface area contributed by atoms with Crippen LogP contribution in [0.4, 0.5) is 5.69 Å². The standard InChI is InChI=1S/C20H21N3O2S/c1-12(2)14-7-5-8-15(11-14)22-19(24)17-13(3)21-18(23-20(17)26-4)16-9-6-10-25-16/h5-12H,1-4H3,(H,22,24). The van der Waals surface area contributed by atoms with Crippen molar-refractivity contribution in [3.8, 4) is 11.6 Å². The molecule has 0 radical (unpaired) electrons. The van der Waals surface area contributed by atoms with Gasteiger partial charge >= 0.3 is 0 Å². The highest BCUT2D eigenvalue weighted by molar-refractivity contribution is 7.98. The van der Waals surface area contributed by atoms with Crippen molar-refractivity contribution >= 4 is 23.4 Å². The summed E-state index contributed by atoms with van der Waals surface area (Å²) in [7, 11) is 0. The zero-order valence-electron chi connectivity index (χ0n) is 15.2. The smallest absolute Gasteiger partial charge is 0.260 e. The lowest BCUT2D eigenvalue weighted by molar-refractivity contribution is 0.102. The number of nitrogens with zero attached hydrogens (tertiary/aromatic N) is 2. The molecule has 1 N–H and O–H groups in total. The third-order valence-corrected chi connectivity index (χ3v) is 4.71. The monoisotopic (exact) mass is 367 g/mol. The summed E-state index contributed by atoms with van der Waals surface area (Å²) in [6.45, 7) is 6.06. The number of hydrogen-bond acceptors (Lipinski definition) is 5. The molecular weight excluding hydrogens is 346 g/mol. The summed E-state index contributed by atoms with van der Waals surface area (Å²) in [6, 6.07) is 11.5. The summed E-state index contributed by atoms with van der Waals surface area (Å²) in [5.74, 6) is 1.25. The van der Waals surface area contributed by atoms with Gasteiger partial charge in [-0.15, -0.1) is 11.8 Å². The van der Waals surface area contributed by atoms with Gasteiger partial charge in [0, 0.05) is 5.69 Å². The number of rotatable bonds is 5. The van der Waals surface area contributed by atoms with Crippen molar-refractivity contribution in [1.82, 2.24) is 9.97 Å². The highest BCUT2D eigenvalue weighted by Crippen LogP contribution is 2.26. The Labute approximate surface area is 157 Å². The first kappa shape index (κ1) is 18.2. The van der Waals surface area contributed by atoms with Gasteiger partial charge in [0.15, 0.2) is 11.6 Å². The van der Waals surface area contributed by atoms with Gasteiger partial charge in [0.1, 0.15) is 5.03 Å². The molecule has 0 aliphatic carbocycles. The Morgan fingerprint density at radius 3 is 2.65 bits per heavy atom. The molecule has 0 aliphatic heterocycles. The summed E-state index contributed by atoms with van der Waals surface area (Å²) in [5, 5.41) is 3.59. The van der Waals surface area contributed by atoms with E-state index < -0.39 is 0 Å². The maximum atomic E-state index is 12.9. The SMILES string of the molecule is CSc1nc(-c2ccco2)nc(C)c1C(=O)Nc1cccc(C(C)C)c1. The number of anilines is 1. The zero-order valence-corrected chi connectivity index (χ0v) is 16.1. The van der Waals surface area contributed by atoms with Crippen LogP contribution in [0.3, 0.4) is 0 Å². The summed E-state index contributed by atoms with van der Waals surface area (Å²) in [6.07, 6.45) is 3.47. The van der Waals surface area contributed by atoms with E-state index in [0.717, 1.165) is 5.69 Å². The fourth-order valence-electron chi connectivity index (χ4n) is 2.64. The maximum absolute atomic E-state index is 12.9. The molecule has 3 rings (SSSR count). The van der Waals surface area contributed by atoms with Gasteiger partial charge in [0.2, 0.25) is 0 Å². The van der Waals surface area contributed by atoms with Gasteiger partial charge < -0.3 is 9.73 Å². The molecule has 0 bridgehead atoms. The molecule has 1 amide bonds. The Bertz CT molecular complexity index is 921. The maximum Gasteiger partial charge on any atom is 0.260 e. The van der Waals surface area contributed by atoms with Gasteiger partial charge in [0.05, 0.1) is 17.5 Å². The third kappa shape index (κ3) is 3.80. The molecule has 134 valence electrons. The van der Waals surface area contributed by atoms with Crippen molar-refractivity contribution in [2.45, 2.75) is 31.7 Å². The predicted octanol–water partition coefficient (Wildman–Crippen LogP) is 5.14. The summed E-state index contributed by atoms with van der Waals surface area (Å²) in [4.78, 5) is 21.8. The molecule has 3 aromatic rings. The molecule has 0 fully saturated rings. The molecule has 6 heteroatoms. The van der Waals surface area contributed by atoms with E-state index in [1.807, 2.05) is 31.4 Å². The molecule has 26 heavy (non-hydrogen) atoms. The van der Waals surface area contributed by atoms with Gasteiger partial charge in [-0.2, -0.15) is 0 Å². The normalized spacial score (nSPS) is 11.0. The van der Waals surface area contributed by atoms with Gasteiger partial charge in [-0.1, -0.05) is 26.0 Å². The predicted molar refractivity (Wildman–Crippen MR) is 105 cm³/mol. The van der Waals surface area contributed by atoms with Crippen molar-refractivity contribution in [1.29, 1.82) is 0 Å². The summed E-state index contributed by atoms with van der Waals surface area (Å²) in [5.41, 5.74) is 3.05.